The van der Waals surface area contributed by atoms with Crippen LogP contribution < -0.4 is 5.32 Å². The predicted octanol–water partition coefficient (Wildman–Crippen LogP) is 0.509. The molecule has 154 valence electrons. The summed E-state index contributed by atoms with van der Waals surface area (Å²) in [4.78, 5) is 38.8. The van der Waals surface area contributed by atoms with E-state index in [1.807, 2.05) is 6.92 Å². The summed E-state index contributed by atoms with van der Waals surface area (Å²) in [5, 5.41) is 13.1. The van der Waals surface area contributed by atoms with Crippen LogP contribution in [-0.4, -0.2) is 80.8 Å². The van der Waals surface area contributed by atoms with E-state index in [1.165, 1.54) is 27.7 Å². The first-order valence-corrected chi connectivity index (χ1v) is 11.0. The van der Waals surface area contributed by atoms with Gasteiger partial charge in [-0.15, -0.1) is 16.9 Å². The lowest BCUT2D eigenvalue weighted by atomic mass is 9.96. The summed E-state index contributed by atoms with van der Waals surface area (Å²) in [5.41, 5.74) is 0. The minimum absolute atomic E-state index is 0.126. The van der Waals surface area contributed by atoms with E-state index < -0.39 is 44.5 Å². The van der Waals surface area contributed by atoms with Crippen LogP contribution in [0.1, 0.15) is 6.92 Å². The largest absolute Gasteiger partial charge is 0.460 e. The molecular formula is C13H14BrCl3N6O4S. The molecule has 2 aliphatic rings. The van der Waals surface area contributed by atoms with Crippen LogP contribution in [0, 0.1) is 0 Å². The Morgan fingerprint density at radius 3 is 2.75 bits per heavy atom. The molecule has 10 nitrogen and oxygen atoms in total. The van der Waals surface area contributed by atoms with E-state index in [2.05, 4.69) is 36.8 Å². The highest BCUT2D eigenvalue weighted by atomic mass is 79.9. The number of carbonyl (C=O) groups excluding carboxylic acids is 3. The first-order chi connectivity index (χ1) is 13.1. The number of aromatic nitrogens is 4. The van der Waals surface area contributed by atoms with Crippen LogP contribution in [0.15, 0.2) is 6.33 Å². The third-order valence-corrected chi connectivity index (χ3v) is 7.72. The number of nitrogens with one attached hydrogen (secondary N) is 1. The van der Waals surface area contributed by atoms with E-state index in [0.29, 0.717) is 5.33 Å². The molecule has 1 aromatic rings. The normalized spacial score (nSPS) is 29.2. The van der Waals surface area contributed by atoms with Crippen molar-refractivity contribution >= 4 is 80.3 Å². The zero-order valence-electron chi connectivity index (χ0n) is 14.2. The summed E-state index contributed by atoms with van der Waals surface area (Å²) in [6, 6.07) is -1.65. The van der Waals surface area contributed by atoms with Crippen LogP contribution in [0.4, 0.5) is 0 Å². The molecule has 3 unspecified atom stereocenters. The van der Waals surface area contributed by atoms with E-state index in [-0.39, 0.29) is 12.5 Å². The second-order valence-electron chi connectivity index (χ2n) is 6.38. The number of nitrogens with zero attached hydrogens (tertiary/aromatic N) is 5. The highest BCUT2D eigenvalue weighted by Crippen LogP contribution is 2.52. The van der Waals surface area contributed by atoms with Gasteiger partial charge >= 0.3 is 5.97 Å². The quantitative estimate of drug-likeness (QED) is 0.317. The predicted molar refractivity (Wildman–Crippen MR) is 105 cm³/mol. The molecule has 0 aromatic carbocycles. The lowest BCUT2D eigenvalue weighted by molar-refractivity contribution is -0.164. The van der Waals surface area contributed by atoms with E-state index in [9.17, 15) is 14.4 Å². The van der Waals surface area contributed by atoms with Crippen LogP contribution in [0.5, 0.6) is 0 Å². The van der Waals surface area contributed by atoms with Gasteiger partial charge in [0.2, 0.25) is 15.6 Å². The van der Waals surface area contributed by atoms with E-state index >= 15 is 0 Å². The molecule has 3 heterocycles. The Balaban J connectivity index is 1.68. The number of hydrogen-bond acceptors (Lipinski definition) is 8. The van der Waals surface area contributed by atoms with Crippen molar-refractivity contribution in [2.75, 3.05) is 11.9 Å². The van der Waals surface area contributed by atoms with Gasteiger partial charge in [-0.25, -0.2) is 9.48 Å². The van der Waals surface area contributed by atoms with Gasteiger partial charge in [0.05, 0.1) is 4.75 Å². The SMILES string of the molecule is CC1(CBr)S[C@@H]2C(NC(=O)Cn3cnnn3)C(=O)N2C1C(=O)OCC(Cl)(Cl)Cl. The molecule has 2 aliphatic heterocycles. The lowest BCUT2D eigenvalue weighted by Gasteiger charge is -2.44. The summed E-state index contributed by atoms with van der Waals surface area (Å²) in [7, 11) is 0. The number of carbonyl (C=O) groups is 3. The monoisotopic (exact) mass is 534 g/mol. The number of tetrazole rings is 1. The van der Waals surface area contributed by atoms with Crippen molar-refractivity contribution in [1.29, 1.82) is 0 Å². The third-order valence-electron chi connectivity index (χ3n) is 4.21. The zero-order chi connectivity index (χ0) is 20.7. The van der Waals surface area contributed by atoms with E-state index in [1.54, 1.807) is 0 Å². The van der Waals surface area contributed by atoms with Crippen molar-refractivity contribution in [1.82, 2.24) is 30.4 Å². The number of ether oxygens (including phenoxy) is 1. The molecule has 0 radical (unpaired) electrons. The maximum absolute atomic E-state index is 12.7. The lowest BCUT2D eigenvalue weighted by Crippen LogP contribution is -2.71. The third kappa shape index (κ3) is 4.35. The minimum atomic E-state index is -1.75. The molecule has 28 heavy (non-hydrogen) atoms. The Bertz CT molecular complexity index is 781. The second-order valence-corrected chi connectivity index (χ2v) is 11.1. The molecule has 2 fully saturated rings. The Morgan fingerprint density at radius 1 is 1.46 bits per heavy atom. The van der Waals surface area contributed by atoms with Gasteiger partial charge in [-0.3, -0.25) is 9.59 Å². The molecule has 15 heteroatoms. The van der Waals surface area contributed by atoms with Gasteiger partial charge in [0.1, 0.15) is 36.9 Å². The maximum Gasteiger partial charge on any atom is 0.330 e. The van der Waals surface area contributed by atoms with Crippen LogP contribution in [0.3, 0.4) is 0 Å². The van der Waals surface area contributed by atoms with Crippen molar-refractivity contribution in [2.45, 2.75) is 39.5 Å². The molecule has 0 aliphatic carbocycles. The van der Waals surface area contributed by atoms with Crippen molar-refractivity contribution in [3.05, 3.63) is 6.33 Å². The van der Waals surface area contributed by atoms with Crippen LogP contribution in [0.25, 0.3) is 0 Å². The first kappa shape index (κ1) is 21.9. The summed E-state index contributed by atoms with van der Waals surface area (Å²) in [6.45, 7) is 1.26. The minimum Gasteiger partial charge on any atom is -0.460 e. The number of rotatable bonds is 6. The number of alkyl halides is 4. The smallest absolute Gasteiger partial charge is 0.330 e. The number of amides is 2. The van der Waals surface area contributed by atoms with Crippen LogP contribution >= 0.6 is 62.5 Å². The summed E-state index contributed by atoms with van der Waals surface area (Å²) < 4.78 is 3.90. The van der Waals surface area contributed by atoms with Crippen molar-refractivity contribution in [3.63, 3.8) is 0 Å². The number of esters is 1. The number of hydrogen-bond donors (Lipinski definition) is 1. The van der Waals surface area contributed by atoms with Crippen molar-refractivity contribution < 1.29 is 19.1 Å². The zero-order valence-corrected chi connectivity index (χ0v) is 18.9. The van der Waals surface area contributed by atoms with E-state index in [4.69, 9.17) is 39.5 Å². The molecule has 1 aromatic heterocycles. The maximum atomic E-state index is 12.7. The van der Waals surface area contributed by atoms with E-state index in [0.717, 1.165) is 0 Å². The molecule has 4 atom stereocenters. The molecule has 1 N–H and O–H groups in total. The highest BCUT2D eigenvalue weighted by molar-refractivity contribution is 9.09. The standard InChI is InChI=1S/C13H14BrCl3N6O4S/c1-12(3-14)8(11(26)27-4-13(15,16)17)23-9(25)7(10(23)28-12)19-6(24)2-22-5-18-20-21-22/h5,7-8,10H,2-4H2,1H3,(H,19,24)/t7?,8?,10-,12?/m1/s1. The highest BCUT2D eigenvalue weighted by Gasteiger charge is 2.65. The molecule has 0 bridgehead atoms. The van der Waals surface area contributed by atoms with Gasteiger partial charge in [0.15, 0.2) is 0 Å². The summed E-state index contributed by atoms with van der Waals surface area (Å²) in [6.07, 6.45) is 1.29. The van der Waals surface area contributed by atoms with Crippen molar-refractivity contribution in [3.8, 4) is 0 Å². The average molecular weight is 537 g/mol. The van der Waals surface area contributed by atoms with Gasteiger partial charge in [0, 0.05) is 5.33 Å². The number of thioether (sulfide) groups is 1. The van der Waals surface area contributed by atoms with Crippen LogP contribution in [0.2, 0.25) is 0 Å². The number of halogens is 4. The summed E-state index contributed by atoms with van der Waals surface area (Å²) in [5.74, 6) is -1.48. The van der Waals surface area contributed by atoms with Crippen molar-refractivity contribution in [2.24, 2.45) is 0 Å². The molecule has 0 saturated carbocycles. The van der Waals surface area contributed by atoms with Gasteiger partial charge in [0.25, 0.3) is 0 Å². The van der Waals surface area contributed by atoms with Gasteiger partial charge < -0.3 is 15.0 Å². The van der Waals surface area contributed by atoms with Gasteiger partial charge in [-0.05, 0) is 17.4 Å². The fourth-order valence-electron chi connectivity index (χ4n) is 2.97. The molecule has 2 saturated heterocycles. The molecule has 2 amide bonds. The Morgan fingerprint density at radius 2 is 2.18 bits per heavy atom. The summed E-state index contributed by atoms with van der Waals surface area (Å²) >= 11 is 21.7. The average Bonchev–Trinajstić information content (AvgIpc) is 3.22. The fraction of sp³-hybridized carbons (Fsp3) is 0.692. The number of β-lactam (4-membered cyclic amide) rings is 1. The first-order valence-electron chi connectivity index (χ1n) is 7.85. The molecular weight excluding hydrogens is 523 g/mol. The Kier molecular flexibility index (Phi) is 6.35. The Hall–Kier alpha value is -0.820. The van der Waals surface area contributed by atoms with Gasteiger partial charge in [-0.1, -0.05) is 50.7 Å². The van der Waals surface area contributed by atoms with Crippen LogP contribution in [-0.2, 0) is 25.7 Å². The molecule has 0 spiro atoms. The Labute approximate surface area is 187 Å². The fourth-order valence-corrected chi connectivity index (χ4v) is 5.45. The van der Waals surface area contributed by atoms with Gasteiger partial charge in [-0.2, -0.15) is 0 Å². The topological polar surface area (TPSA) is 119 Å². The second kappa shape index (κ2) is 8.13. The number of fused-ring (bicyclic) bond motifs is 1. The molecule has 3 rings (SSSR count).